The number of hydrogen-bond acceptors (Lipinski definition) is 9. The maximum absolute atomic E-state index is 12.5. The molecule has 0 radical (unpaired) electrons. The van der Waals surface area contributed by atoms with E-state index in [2.05, 4.69) is 30.5 Å². The van der Waals surface area contributed by atoms with Gasteiger partial charge >= 0.3 is 19.8 Å². The van der Waals surface area contributed by atoms with Crippen molar-refractivity contribution in [3.63, 3.8) is 0 Å². The van der Waals surface area contributed by atoms with Crippen molar-refractivity contribution in [1.29, 1.82) is 0 Å². The number of ether oxygens (including phenoxy) is 2. The fourth-order valence-corrected chi connectivity index (χ4v) is 5.95. The Bertz CT molecular complexity index is 822. The van der Waals surface area contributed by atoms with Crippen LogP contribution in [0.25, 0.3) is 0 Å². The number of carbonyl (C=O) groups is 2. The number of aliphatic hydroxyl groups is 2. The SMILES string of the molecule is CCCCCCCCCCC/C=C/CCCCC(=O)O[C@H](COC(=O)CCCCCCCCCCCC)COP(=O)(O)OC[C@@H](O)CO. The lowest BCUT2D eigenvalue weighted by Crippen LogP contribution is -2.29. The number of rotatable bonds is 36. The van der Waals surface area contributed by atoms with Crippen LogP contribution < -0.4 is 0 Å². The Balaban J connectivity index is 4.38. The van der Waals surface area contributed by atoms with Gasteiger partial charge in [0.1, 0.15) is 12.7 Å². The van der Waals surface area contributed by atoms with Crippen LogP contribution in [0.15, 0.2) is 12.2 Å². The molecule has 0 spiro atoms. The highest BCUT2D eigenvalue weighted by atomic mass is 31.2. The van der Waals surface area contributed by atoms with E-state index in [9.17, 15) is 24.2 Å². The standard InChI is InChI=1S/C37H71O10P/c1-3-5-7-9-11-13-15-16-17-18-19-21-23-25-27-29-37(41)47-35(33-46-48(42,43)45-31-34(39)30-38)32-44-36(40)28-26-24-22-20-14-12-10-8-6-4-2/h19,21,34-35,38-39H,3-18,20,22-33H2,1-2H3,(H,42,43)/b21-19+/t34-,35+/m0/s1. The first-order valence-electron chi connectivity index (χ1n) is 19.1. The van der Waals surface area contributed by atoms with Gasteiger partial charge in [-0.3, -0.25) is 18.6 Å². The molecule has 0 fully saturated rings. The third-order valence-electron chi connectivity index (χ3n) is 8.17. The first kappa shape index (κ1) is 46.7. The summed E-state index contributed by atoms with van der Waals surface area (Å²) in [5, 5.41) is 18.2. The second-order valence-corrected chi connectivity index (χ2v) is 14.4. The summed E-state index contributed by atoms with van der Waals surface area (Å²) in [5.41, 5.74) is 0. The molecule has 0 saturated heterocycles. The molecule has 11 heteroatoms. The van der Waals surface area contributed by atoms with E-state index >= 15 is 0 Å². The van der Waals surface area contributed by atoms with E-state index in [1.165, 1.54) is 96.3 Å². The van der Waals surface area contributed by atoms with Gasteiger partial charge in [-0.05, 0) is 38.5 Å². The van der Waals surface area contributed by atoms with Crippen molar-refractivity contribution in [2.24, 2.45) is 0 Å². The average molecular weight is 707 g/mol. The fraction of sp³-hybridized carbons (Fsp3) is 0.892. The summed E-state index contributed by atoms with van der Waals surface area (Å²) >= 11 is 0. The summed E-state index contributed by atoms with van der Waals surface area (Å²) in [6.45, 7) is 2.34. The van der Waals surface area contributed by atoms with Crippen LogP contribution in [0.4, 0.5) is 0 Å². The number of phosphoric acid groups is 1. The van der Waals surface area contributed by atoms with Gasteiger partial charge in [-0.2, -0.15) is 0 Å². The van der Waals surface area contributed by atoms with Crippen LogP contribution in [0.3, 0.4) is 0 Å². The topological polar surface area (TPSA) is 149 Å². The van der Waals surface area contributed by atoms with E-state index in [4.69, 9.17) is 19.1 Å². The lowest BCUT2D eigenvalue weighted by atomic mass is 10.1. The van der Waals surface area contributed by atoms with Gasteiger partial charge < -0.3 is 24.6 Å². The molecule has 0 aromatic heterocycles. The molecule has 0 heterocycles. The van der Waals surface area contributed by atoms with E-state index in [0.717, 1.165) is 38.5 Å². The van der Waals surface area contributed by atoms with Gasteiger partial charge in [0.2, 0.25) is 0 Å². The summed E-state index contributed by atoms with van der Waals surface area (Å²) in [6.07, 6.45) is 29.0. The van der Waals surface area contributed by atoms with Gasteiger partial charge in [0.05, 0.1) is 19.8 Å². The molecule has 0 aliphatic rings. The minimum Gasteiger partial charge on any atom is -0.462 e. The molecule has 0 aliphatic heterocycles. The van der Waals surface area contributed by atoms with Crippen molar-refractivity contribution in [2.45, 2.75) is 187 Å². The zero-order valence-corrected chi connectivity index (χ0v) is 31.4. The predicted molar refractivity (Wildman–Crippen MR) is 192 cm³/mol. The minimum absolute atomic E-state index is 0.158. The molecule has 3 atom stereocenters. The van der Waals surface area contributed by atoms with Crippen LogP contribution in [0, 0.1) is 0 Å². The van der Waals surface area contributed by atoms with Crippen molar-refractivity contribution < 1.29 is 47.8 Å². The van der Waals surface area contributed by atoms with Crippen molar-refractivity contribution in [3.8, 4) is 0 Å². The Morgan fingerprint density at radius 3 is 1.54 bits per heavy atom. The third kappa shape index (κ3) is 33.2. The minimum atomic E-state index is -4.61. The highest BCUT2D eigenvalue weighted by molar-refractivity contribution is 7.47. The predicted octanol–water partition coefficient (Wildman–Crippen LogP) is 9.28. The first-order valence-corrected chi connectivity index (χ1v) is 20.6. The fourth-order valence-electron chi connectivity index (χ4n) is 5.16. The first-order chi connectivity index (χ1) is 23.2. The van der Waals surface area contributed by atoms with E-state index in [0.29, 0.717) is 12.8 Å². The molecule has 284 valence electrons. The molecule has 3 N–H and O–H groups in total. The van der Waals surface area contributed by atoms with Gasteiger partial charge in [-0.25, -0.2) is 4.57 Å². The molecule has 0 saturated carbocycles. The second kappa shape index (κ2) is 34.2. The van der Waals surface area contributed by atoms with Crippen LogP contribution in [0.1, 0.15) is 174 Å². The number of esters is 2. The molecular formula is C37H71O10P. The zero-order chi connectivity index (χ0) is 35.6. The third-order valence-corrected chi connectivity index (χ3v) is 9.12. The lowest BCUT2D eigenvalue weighted by molar-refractivity contribution is -0.161. The molecule has 10 nitrogen and oxygen atoms in total. The quantitative estimate of drug-likeness (QED) is 0.0249. The van der Waals surface area contributed by atoms with Gasteiger partial charge in [0, 0.05) is 12.8 Å². The summed E-state index contributed by atoms with van der Waals surface area (Å²) in [7, 11) is -4.61. The monoisotopic (exact) mass is 706 g/mol. The van der Waals surface area contributed by atoms with Crippen molar-refractivity contribution in [2.75, 3.05) is 26.4 Å². The highest BCUT2D eigenvalue weighted by Crippen LogP contribution is 2.43. The number of allylic oxidation sites excluding steroid dienone is 2. The van der Waals surface area contributed by atoms with Gasteiger partial charge in [-0.1, -0.05) is 135 Å². The van der Waals surface area contributed by atoms with Crippen LogP contribution in [0.2, 0.25) is 0 Å². The zero-order valence-electron chi connectivity index (χ0n) is 30.5. The summed E-state index contributed by atoms with van der Waals surface area (Å²) in [4.78, 5) is 34.7. The molecule has 0 rings (SSSR count). The molecule has 1 unspecified atom stereocenters. The van der Waals surface area contributed by atoms with E-state index in [-0.39, 0.29) is 19.4 Å². The Labute approximate surface area is 292 Å². The van der Waals surface area contributed by atoms with Crippen LogP contribution in [-0.2, 0) is 32.7 Å². The molecular weight excluding hydrogens is 635 g/mol. The Kier molecular flexibility index (Phi) is 33.3. The number of phosphoric ester groups is 1. The number of aliphatic hydroxyl groups excluding tert-OH is 2. The smallest absolute Gasteiger partial charge is 0.462 e. The lowest BCUT2D eigenvalue weighted by Gasteiger charge is -2.20. The summed E-state index contributed by atoms with van der Waals surface area (Å²) < 4.78 is 32.5. The average Bonchev–Trinajstić information content (AvgIpc) is 3.07. The highest BCUT2D eigenvalue weighted by Gasteiger charge is 2.27. The maximum Gasteiger partial charge on any atom is 0.472 e. The Morgan fingerprint density at radius 1 is 0.604 bits per heavy atom. The van der Waals surface area contributed by atoms with Crippen molar-refractivity contribution >= 4 is 19.8 Å². The molecule has 0 aliphatic carbocycles. The second-order valence-electron chi connectivity index (χ2n) is 13.0. The summed E-state index contributed by atoms with van der Waals surface area (Å²) in [5.74, 6) is -0.947. The van der Waals surface area contributed by atoms with Crippen LogP contribution in [-0.4, -0.2) is 65.7 Å². The van der Waals surface area contributed by atoms with Gasteiger partial charge in [0.15, 0.2) is 6.10 Å². The number of hydrogen-bond donors (Lipinski definition) is 3. The van der Waals surface area contributed by atoms with Crippen molar-refractivity contribution in [1.82, 2.24) is 0 Å². The molecule has 0 bridgehead atoms. The Hall–Kier alpha value is -1.29. The van der Waals surface area contributed by atoms with Gasteiger partial charge in [0.25, 0.3) is 0 Å². The Morgan fingerprint density at radius 2 is 1.02 bits per heavy atom. The number of carbonyl (C=O) groups excluding carboxylic acids is 2. The maximum atomic E-state index is 12.5. The van der Waals surface area contributed by atoms with E-state index in [1.54, 1.807) is 0 Å². The van der Waals surface area contributed by atoms with Crippen LogP contribution >= 0.6 is 7.82 Å². The summed E-state index contributed by atoms with van der Waals surface area (Å²) in [6, 6.07) is 0. The number of unbranched alkanes of at least 4 members (excludes halogenated alkanes) is 20. The van der Waals surface area contributed by atoms with Crippen LogP contribution in [0.5, 0.6) is 0 Å². The molecule has 0 aromatic rings. The molecule has 48 heavy (non-hydrogen) atoms. The van der Waals surface area contributed by atoms with Crippen molar-refractivity contribution in [3.05, 3.63) is 12.2 Å². The van der Waals surface area contributed by atoms with E-state index in [1.807, 2.05) is 0 Å². The molecule has 0 amide bonds. The largest absolute Gasteiger partial charge is 0.472 e. The van der Waals surface area contributed by atoms with E-state index < -0.39 is 51.8 Å². The molecule has 0 aromatic carbocycles. The van der Waals surface area contributed by atoms with Gasteiger partial charge in [-0.15, -0.1) is 0 Å². The normalized spacial score (nSPS) is 14.2.